The Morgan fingerprint density at radius 1 is 1.47 bits per heavy atom. The van der Waals surface area contributed by atoms with Crippen LogP contribution in [-0.4, -0.2) is 69.9 Å². The average molecular weight is 445 g/mol. The number of hydrogen-bond acceptors (Lipinski definition) is 8. The van der Waals surface area contributed by atoms with E-state index in [4.69, 9.17) is 4.74 Å². The Labute approximate surface area is 186 Å². The first kappa shape index (κ1) is 22.2. The third-order valence-electron chi connectivity index (χ3n) is 6.02. The molecule has 3 N–H and O–H groups in total. The van der Waals surface area contributed by atoms with Gasteiger partial charge in [-0.1, -0.05) is 0 Å². The lowest BCUT2D eigenvalue weighted by atomic mass is 9.82. The number of nitrogens with one attached hydrogen (secondary N) is 3. The molecule has 0 bridgehead atoms. The highest BCUT2D eigenvalue weighted by atomic mass is 19.1. The molecule has 3 aliphatic heterocycles. The molecule has 3 aliphatic rings. The molecule has 10 nitrogen and oxygen atoms in total. The first-order valence-electron chi connectivity index (χ1n) is 10.7. The molecule has 1 aromatic heterocycles. The number of halogens is 1. The molecule has 4 rings (SSSR count). The molecule has 1 aromatic rings. The van der Waals surface area contributed by atoms with Gasteiger partial charge in [-0.15, -0.1) is 0 Å². The van der Waals surface area contributed by atoms with Crippen LogP contribution in [0.4, 0.5) is 14.9 Å². The summed E-state index contributed by atoms with van der Waals surface area (Å²) in [7, 11) is 0. The number of ether oxygens (including phenoxy) is 1. The number of likely N-dealkylation sites (tertiary alicyclic amines) is 1. The number of hydrogen-bond donors (Lipinski definition) is 3. The van der Waals surface area contributed by atoms with E-state index in [1.54, 1.807) is 31.7 Å². The van der Waals surface area contributed by atoms with E-state index in [2.05, 4.69) is 27.1 Å². The second-order valence-corrected chi connectivity index (χ2v) is 9.56. The van der Waals surface area contributed by atoms with Crippen molar-refractivity contribution in [3.63, 3.8) is 0 Å². The molecule has 32 heavy (non-hydrogen) atoms. The van der Waals surface area contributed by atoms with Gasteiger partial charge in [-0.05, 0) is 33.3 Å². The van der Waals surface area contributed by atoms with Crippen LogP contribution >= 0.6 is 0 Å². The molecule has 3 fully saturated rings. The zero-order chi connectivity index (χ0) is 23.1. The van der Waals surface area contributed by atoms with Crippen LogP contribution in [0.5, 0.6) is 0 Å². The van der Waals surface area contributed by atoms with Crippen molar-refractivity contribution in [2.24, 2.45) is 5.92 Å². The second-order valence-electron chi connectivity index (χ2n) is 9.56. The Balaban J connectivity index is 1.55. The van der Waals surface area contributed by atoms with Crippen molar-refractivity contribution in [3.8, 4) is 6.07 Å². The minimum atomic E-state index is -0.647. The van der Waals surface area contributed by atoms with Crippen LogP contribution in [-0.2, 0) is 9.53 Å². The molecular weight excluding hydrogens is 417 g/mol. The minimum Gasteiger partial charge on any atom is -0.444 e. The van der Waals surface area contributed by atoms with Gasteiger partial charge in [-0.25, -0.2) is 20.2 Å². The number of anilines is 1. The minimum absolute atomic E-state index is 0.112. The van der Waals surface area contributed by atoms with E-state index in [9.17, 15) is 19.2 Å². The normalized spacial score (nSPS) is 27.0. The number of amides is 2. The van der Waals surface area contributed by atoms with E-state index in [0.717, 1.165) is 0 Å². The van der Waals surface area contributed by atoms with Gasteiger partial charge in [0.1, 0.15) is 11.8 Å². The summed E-state index contributed by atoms with van der Waals surface area (Å²) in [6.45, 7) is 6.55. The van der Waals surface area contributed by atoms with E-state index in [0.29, 0.717) is 31.7 Å². The Morgan fingerprint density at radius 2 is 2.22 bits per heavy atom. The Kier molecular flexibility index (Phi) is 5.68. The van der Waals surface area contributed by atoms with Gasteiger partial charge in [0, 0.05) is 43.6 Å². The lowest BCUT2D eigenvalue weighted by Crippen LogP contribution is -2.74. The average Bonchev–Trinajstić information content (AvgIpc) is 3.03. The molecule has 0 radical (unpaired) electrons. The van der Waals surface area contributed by atoms with Crippen molar-refractivity contribution in [1.29, 1.82) is 5.26 Å². The summed E-state index contributed by atoms with van der Waals surface area (Å²) in [6, 6.07) is 4.95. The van der Waals surface area contributed by atoms with Crippen LogP contribution in [0.25, 0.3) is 0 Å². The molecule has 2 amide bonds. The smallest absolute Gasteiger partial charge is 0.410 e. The number of hydrazine groups is 1. The fourth-order valence-corrected chi connectivity index (χ4v) is 4.70. The molecule has 0 aromatic carbocycles. The van der Waals surface area contributed by atoms with Gasteiger partial charge in [0.05, 0.1) is 23.9 Å². The largest absolute Gasteiger partial charge is 0.444 e. The molecule has 0 saturated carbocycles. The van der Waals surface area contributed by atoms with Gasteiger partial charge in [0.15, 0.2) is 0 Å². The van der Waals surface area contributed by atoms with Crippen LogP contribution in [0.2, 0.25) is 0 Å². The summed E-state index contributed by atoms with van der Waals surface area (Å²) in [5, 5.41) is 17.6. The van der Waals surface area contributed by atoms with Crippen LogP contribution in [0, 0.1) is 23.2 Å². The van der Waals surface area contributed by atoms with E-state index in [1.807, 2.05) is 5.01 Å². The van der Waals surface area contributed by atoms with Crippen molar-refractivity contribution in [2.45, 2.75) is 57.0 Å². The van der Waals surface area contributed by atoms with Gasteiger partial charge in [-0.3, -0.25) is 4.79 Å². The molecule has 3 atom stereocenters. The van der Waals surface area contributed by atoms with Gasteiger partial charge >= 0.3 is 6.09 Å². The quantitative estimate of drug-likeness (QED) is 0.591. The Hall–Kier alpha value is -2.97. The predicted molar refractivity (Wildman–Crippen MR) is 112 cm³/mol. The number of rotatable bonds is 4. The Bertz CT molecular complexity index is 938. The number of carbonyl (C=O) groups is 2. The predicted octanol–water partition coefficient (Wildman–Crippen LogP) is 1.19. The summed E-state index contributed by atoms with van der Waals surface area (Å²) < 4.78 is 19.0. The first-order chi connectivity index (χ1) is 15.1. The highest BCUT2D eigenvalue weighted by molar-refractivity contribution is 5.82. The van der Waals surface area contributed by atoms with E-state index < -0.39 is 35.3 Å². The Morgan fingerprint density at radius 3 is 2.88 bits per heavy atom. The van der Waals surface area contributed by atoms with Gasteiger partial charge in [0.25, 0.3) is 0 Å². The van der Waals surface area contributed by atoms with Crippen molar-refractivity contribution in [3.05, 3.63) is 24.3 Å². The fraction of sp³-hybridized carbons (Fsp3) is 0.619. The van der Waals surface area contributed by atoms with Gasteiger partial charge in [-0.2, -0.15) is 9.65 Å². The summed E-state index contributed by atoms with van der Waals surface area (Å²) in [5.74, 6) is -1.19. The summed E-state index contributed by atoms with van der Waals surface area (Å²) >= 11 is 0. The lowest BCUT2D eigenvalue weighted by Gasteiger charge is -2.55. The third kappa shape index (κ3) is 4.20. The van der Waals surface area contributed by atoms with Crippen LogP contribution in [0.3, 0.4) is 0 Å². The number of carbonyl (C=O) groups excluding carboxylic acids is 2. The monoisotopic (exact) mass is 445 g/mol. The van der Waals surface area contributed by atoms with E-state index >= 15 is 0 Å². The van der Waals surface area contributed by atoms with Gasteiger partial charge < -0.3 is 20.3 Å². The number of pyridine rings is 1. The number of fused-ring (bicyclic) bond motifs is 1. The third-order valence-corrected chi connectivity index (χ3v) is 6.02. The summed E-state index contributed by atoms with van der Waals surface area (Å²) in [6.07, 6.45) is 1.29. The SMILES string of the molecule is CC(C)(C)OC(=O)N1CC(CC#N)(N2NC(Nc3ccnc(F)c3)C3C(=O)NCCC32)C1. The zero-order valence-electron chi connectivity index (χ0n) is 18.4. The number of nitriles is 1. The molecule has 0 aliphatic carbocycles. The van der Waals surface area contributed by atoms with Crippen LogP contribution in [0.15, 0.2) is 18.3 Å². The maximum Gasteiger partial charge on any atom is 0.410 e. The summed E-state index contributed by atoms with van der Waals surface area (Å²) in [5.41, 5.74) is 2.59. The molecule has 4 heterocycles. The highest BCUT2D eigenvalue weighted by Crippen LogP contribution is 2.40. The number of aromatic nitrogens is 1. The van der Waals surface area contributed by atoms with Crippen molar-refractivity contribution in [2.75, 3.05) is 25.0 Å². The van der Waals surface area contributed by atoms with Crippen molar-refractivity contribution < 1.29 is 18.7 Å². The maximum atomic E-state index is 13.6. The molecule has 11 heteroatoms. The maximum absolute atomic E-state index is 13.6. The highest BCUT2D eigenvalue weighted by Gasteiger charge is 2.59. The van der Waals surface area contributed by atoms with E-state index in [1.165, 1.54) is 12.3 Å². The molecular formula is C21H28FN7O3. The van der Waals surface area contributed by atoms with Crippen molar-refractivity contribution in [1.82, 2.24) is 25.6 Å². The zero-order valence-corrected chi connectivity index (χ0v) is 18.4. The summed E-state index contributed by atoms with van der Waals surface area (Å²) in [4.78, 5) is 30.4. The second kappa shape index (κ2) is 8.18. The molecule has 172 valence electrons. The van der Waals surface area contributed by atoms with E-state index in [-0.39, 0.29) is 18.4 Å². The molecule has 0 spiro atoms. The van der Waals surface area contributed by atoms with Crippen molar-refractivity contribution >= 4 is 17.7 Å². The molecule has 3 saturated heterocycles. The van der Waals surface area contributed by atoms with Crippen LogP contribution < -0.4 is 16.1 Å². The molecule has 3 unspecified atom stereocenters. The lowest BCUT2D eigenvalue weighted by molar-refractivity contribution is -0.130. The number of nitrogens with zero attached hydrogens (tertiary/aromatic N) is 4. The van der Waals surface area contributed by atoms with Crippen LogP contribution in [0.1, 0.15) is 33.6 Å². The van der Waals surface area contributed by atoms with Gasteiger partial charge in [0.2, 0.25) is 11.9 Å². The standard InChI is InChI=1S/C21H28FN7O3/c1-20(2,3)32-19(31)28-11-21(12-28,6-7-23)29-14-5-9-25-18(30)16(14)17(27-29)26-13-4-8-24-15(22)10-13/h4,8,10,14,16-17,27H,5-6,9,11-12H2,1-3H3,(H,24,26)(H,25,30). The number of piperidine rings is 1. The first-order valence-corrected chi connectivity index (χ1v) is 10.7. The topological polar surface area (TPSA) is 123 Å². The fourth-order valence-electron chi connectivity index (χ4n) is 4.70.